The summed E-state index contributed by atoms with van der Waals surface area (Å²) in [5, 5.41) is 12.4. The zero-order chi connectivity index (χ0) is 25.5. The van der Waals surface area contributed by atoms with Gasteiger partial charge < -0.3 is 24.6 Å². The van der Waals surface area contributed by atoms with Crippen LogP contribution in [0.4, 0.5) is 20.2 Å². The fourth-order valence-electron chi connectivity index (χ4n) is 3.91. The molecule has 1 N–H and O–H groups in total. The molecule has 0 bridgehead atoms. The summed E-state index contributed by atoms with van der Waals surface area (Å²) in [7, 11) is 4.92. The summed E-state index contributed by atoms with van der Waals surface area (Å²) in [5.74, 6) is -0.207. The van der Waals surface area contributed by atoms with Gasteiger partial charge >= 0.3 is 6.61 Å². The smallest absolute Gasteiger partial charge is 0.387 e. The lowest BCUT2D eigenvalue weighted by Gasteiger charge is -2.19. The van der Waals surface area contributed by atoms with Crippen molar-refractivity contribution in [3.05, 3.63) is 59.4 Å². The van der Waals surface area contributed by atoms with Crippen molar-refractivity contribution in [2.45, 2.75) is 25.9 Å². The van der Waals surface area contributed by atoms with Gasteiger partial charge in [-0.05, 0) is 36.2 Å². The second-order valence-corrected chi connectivity index (χ2v) is 7.80. The highest BCUT2D eigenvalue weighted by Gasteiger charge is 2.31. The first-order valence-corrected chi connectivity index (χ1v) is 10.9. The lowest BCUT2D eigenvalue weighted by atomic mass is 10.1. The van der Waals surface area contributed by atoms with E-state index in [0.717, 1.165) is 11.4 Å². The number of rotatable bonds is 10. The fraction of sp³-hybridized carbons (Fsp3) is 0.320. The molecule has 2 aromatic rings. The first kappa shape index (κ1) is 25.5. The van der Waals surface area contributed by atoms with Gasteiger partial charge in [0.05, 0.1) is 18.5 Å². The molecular weight excluding hydrogens is 458 g/mol. The number of allylic oxidation sites excluding steroid dienone is 1. The molecule has 0 atom stereocenters. The quantitative estimate of drug-likeness (QED) is 0.407. The van der Waals surface area contributed by atoms with E-state index in [1.165, 1.54) is 19.2 Å². The maximum absolute atomic E-state index is 12.8. The Bertz CT molecular complexity index is 1150. The topological polar surface area (TPSA) is 94.9 Å². The molecule has 2 aromatic carbocycles. The summed E-state index contributed by atoms with van der Waals surface area (Å²) < 4.78 is 34.6. The summed E-state index contributed by atoms with van der Waals surface area (Å²) in [5.41, 5.74) is 2.41. The van der Waals surface area contributed by atoms with Crippen molar-refractivity contribution >= 4 is 23.1 Å². The standard InChI is InChI=1S/C25H26F2N4O4/c1-30-18-6-4-5-7-19(18)31(2)24(30)17(15-28)20(32)9-11-23(33)29-13-12-16-8-10-21(34-3)22(14-16)35-25(26)27/h4-8,10,14,25H,9,11-13H2,1-3H3,(H,29,33). The number of carbonyl (C=O) groups is 2. The normalized spacial score (nSPS) is 12.3. The Hall–Kier alpha value is -4.13. The minimum absolute atomic E-state index is 0.0104. The number of Topliss-reactive ketones (excluding diaryl/α,β-unsaturated/α-hetero) is 1. The largest absolute Gasteiger partial charge is 0.493 e. The first-order valence-electron chi connectivity index (χ1n) is 10.9. The third-order valence-corrected chi connectivity index (χ3v) is 5.61. The lowest BCUT2D eigenvalue weighted by Crippen LogP contribution is -2.28. The van der Waals surface area contributed by atoms with E-state index in [-0.39, 0.29) is 42.4 Å². The number of methoxy groups -OCH3 is 1. The molecule has 10 heteroatoms. The van der Waals surface area contributed by atoms with Gasteiger partial charge in [-0.1, -0.05) is 18.2 Å². The van der Waals surface area contributed by atoms with Crippen LogP contribution < -0.4 is 24.6 Å². The fourth-order valence-corrected chi connectivity index (χ4v) is 3.91. The molecule has 3 rings (SSSR count). The second kappa shape index (κ2) is 11.3. The van der Waals surface area contributed by atoms with Crippen LogP contribution in [0.3, 0.4) is 0 Å². The predicted molar refractivity (Wildman–Crippen MR) is 126 cm³/mol. The van der Waals surface area contributed by atoms with E-state index >= 15 is 0 Å². The number of fused-ring (bicyclic) bond motifs is 1. The highest BCUT2D eigenvalue weighted by atomic mass is 19.3. The number of hydrogen-bond acceptors (Lipinski definition) is 7. The molecule has 0 spiro atoms. The van der Waals surface area contributed by atoms with Crippen LogP contribution in [0.25, 0.3) is 0 Å². The number of alkyl halides is 2. The van der Waals surface area contributed by atoms with Gasteiger partial charge in [0.25, 0.3) is 0 Å². The number of carbonyl (C=O) groups excluding carboxylic acids is 2. The van der Waals surface area contributed by atoms with Crippen LogP contribution in [0, 0.1) is 11.3 Å². The molecule has 0 fully saturated rings. The number of para-hydroxylation sites is 2. The number of halogens is 2. The molecule has 1 aliphatic heterocycles. The van der Waals surface area contributed by atoms with E-state index in [2.05, 4.69) is 10.1 Å². The van der Waals surface area contributed by atoms with Crippen LogP contribution in [0.1, 0.15) is 18.4 Å². The average Bonchev–Trinajstić information content (AvgIpc) is 3.08. The molecule has 1 heterocycles. The molecule has 1 amide bonds. The van der Waals surface area contributed by atoms with Crippen molar-refractivity contribution < 1.29 is 27.8 Å². The highest BCUT2D eigenvalue weighted by Crippen LogP contribution is 2.40. The first-order chi connectivity index (χ1) is 16.8. The zero-order valence-electron chi connectivity index (χ0n) is 19.7. The summed E-state index contributed by atoms with van der Waals surface area (Å²) >= 11 is 0. The second-order valence-electron chi connectivity index (χ2n) is 7.80. The van der Waals surface area contributed by atoms with Gasteiger partial charge in [-0.2, -0.15) is 14.0 Å². The lowest BCUT2D eigenvalue weighted by molar-refractivity contribution is -0.124. The Morgan fingerprint density at radius 3 is 2.29 bits per heavy atom. The Kier molecular flexibility index (Phi) is 8.25. The van der Waals surface area contributed by atoms with Crippen molar-refractivity contribution in [1.29, 1.82) is 5.26 Å². The maximum Gasteiger partial charge on any atom is 0.387 e. The average molecular weight is 485 g/mol. The molecule has 184 valence electrons. The molecule has 0 unspecified atom stereocenters. The SMILES string of the molecule is COc1ccc(CCNC(=O)CCC(=O)C(C#N)=C2N(C)c3ccccc3N2C)cc1OC(F)F. The highest BCUT2D eigenvalue weighted by molar-refractivity contribution is 6.03. The van der Waals surface area contributed by atoms with Crippen molar-refractivity contribution in [2.24, 2.45) is 0 Å². The maximum atomic E-state index is 12.8. The molecule has 8 nitrogen and oxygen atoms in total. The Labute approximate surface area is 202 Å². The monoisotopic (exact) mass is 484 g/mol. The van der Waals surface area contributed by atoms with Gasteiger partial charge in [0, 0.05) is 33.5 Å². The van der Waals surface area contributed by atoms with Gasteiger partial charge in [0.2, 0.25) is 5.91 Å². The van der Waals surface area contributed by atoms with Crippen LogP contribution >= 0.6 is 0 Å². The van der Waals surface area contributed by atoms with Crippen LogP contribution in [-0.2, 0) is 16.0 Å². The number of hydrogen-bond donors (Lipinski definition) is 1. The summed E-state index contributed by atoms with van der Waals surface area (Å²) in [4.78, 5) is 28.6. The molecule has 0 saturated heterocycles. The number of nitrogens with one attached hydrogen (secondary N) is 1. The van der Waals surface area contributed by atoms with Crippen molar-refractivity contribution in [2.75, 3.05) is 37.5 Å². The van der Waals surface area contributed by atoms with Gasteiger partial charge in [0.15, 0.2) is 17.3 Å². The Morgan fingerprint density at radius 1 is 1.06 bits per heavy atom. The number of anilines is 2. The number of ketones is 1. The van der Waals surface area contributed by atoms with Gasteiger partial charge in [-0.15, -0.1) is 0 Å². The number of nitrogens with zero attached hydrogens (tertiary/aromatic N) is 3. The third kappa shape index (κ3) is 5.87. The molecule has 0 saturated carbocycles. The van der Waals surface area contributed by atoms with E-state index in [1.807, 2.05) is 30.3 Å². The Morgan fingerprint density at radius 2 is 1.71 bits per heavy atom. The van der Waals surface area contributed by atoms with Gasteiger partial charge in [0.1, 0.15) is 17.5 Å². The third-order valence-electron chi connectivity index (χ3n) is 5.61. The molecule has 0 radical (unpaired) electrons. The van der Waals surface area contributed by atoms with E-state index in [9.17, 15) is 23.6 Å². The number of amides is 1. The van der Waals surface area contributed by atoms with E-state index in [4.69, 9.17) is 4.74 Å². The van der Waals surface area contributed by atoms with Crippen molar-refractivity contribution in [3.63, 3.8) is 0 Å². The number of nitriles is 1. The molecule has 35 heavy (non-hydrogen) atoms. The summed E-state index contributed by atoms with van der Waals surface area (Å²) in [6.45, 7) is -2.75. The van der Waals surface area contributed by atoms with Gasteiger partial charge in [-0.25, -0.2) is 0 Å². The zero-order valence-corrected chi connectivity index (χ0v) is 19.7. The molecule has 1 aliphatic rings. The predicted octanol–water partition coefficient (Wildman–Crippen LogP) is 3.63. The molecular formula is C25H26F2N4O4. The number of benzene rings is 2. The minimum atomic E-state index is -2.98. The van der Waals surface area contributed by atoms with E-state index < -0.39 is 12.4 Å². The van der Waals surface area contributed by atoms with Crippen LogP contribution in [0.15, 0.2) is 53.9 Å². The van der Waals surface area contributed by atoms with Crippen LogP contribution in [0.2, 0.25) is 0 Å². The summed E-state index contributed by atoms with van der Waals surface area (Å²) in [6, 6.07) is 14.2. The van der Waals surface area contributed by atoms with Crippen LogP contribution in [0.5, 0.6) is 11.5 Å². The van der Waals surface area contributed by atoms with E-state index in [0.29, 0.717) is 17.8 Å². The van der Waals surface area contributed by atoms with E-state index in [1.54, 1.807) is 30.0 Å². The molecule has 0 aliphatic carbocycles. The molecule has 0 aromatic heterocycles. The summed E-state index contributed by atoms with van der Waals surface area (Å²) in [6.07, 6.45) is 0.163. The van der Waals surface area contributed by atoms with Crippen LogP contribution in [-0.4, -0.2) is 46.1 Å². The van der Waals surface area contributed by atoms with Crippen molar-refractivity contribution in [3.8, 4) is 17.6 Å². The Balaban J connectivity index is 1.55. The number of ether oxygens (including phenoxy) is 2. The van der Waals surface area contributed by atoms with Gasteiger partial charge in [-0.3, -0.25) is 9.59 Å². The van der Waals surface area contributed by atoms with Crippen molar-refractivity contribution in [1.82, 2.24) is 5.32 Å². The minimum Gasteiger partial charge on any atom is -0.493 e.